The van der Waals surface area contributed by atoms with Crippen LogP contribution in [0.5, 0.6) is 0 Å². The lowest BCUT2D eigenvalue weighted by Gasteiger charge is -2.20. The molecule has 1 aromatic rings. The number of nitrogens with one attached hydrogen (secondary N) is 1. The van der Waals surface area contributed by atoms with Crippen molar-refractivity contribution in [1.29, 1.82) is 0 Å². The summed E-state index contributed by atoms with van der Waals surface area (Å²) in [7, 11) is 0. The fourth-order valence-corrected chi connectivity index (χ4v) is 1.82. The Hall–Kier alpha value is -2.63. The van der Waals surface area contributed by atoms with Crippen molar-refractivity contribution in [3.63, 3.8) is 0 Å². The molecule has 0 saturated carbocycles. The smallest absolute Gasteiger partial charge is 0.407 e. The molecule has 0 aliphatic rings. The minimum Gasteiger partial charge on any atom is -0.463 e. The van der Waals surface area contributed by atoms with Crippen LogP contribution in [0, 0.1) is 0 Å². The molecule has 1 rings (SSSR count). The molecule has 0 aliphatic heterocycles. The van der Waals surface area contributed by atoms with Crippen molar-refractivity contribution < 1.29 is 23.9 Å². The predicted molar refractivity (Wildman–Crippen MR) is 90.7 cm³/mol. The van der Waals surface area contributed by atoms with Gasteiger partial charge in [-0.2, -0.15) is 0 Å². The Balaban J connectivity index is 2.91. The van der Waals surface area contributed by atoms with E-state index < -0.39 is 17.7 Å². The second-order valence-electron chi connectivity index (χ2n) is 6.02. The zero-order chi connectivity index (χ0) is 18.2. The summed E-state index contributed by atoms with van der Waals surface area (Å²) in [6.45, 7) is 7.35. The van der Waals surface area contributed by atoms with Crippen LogP contribution >= 0.6 is 0 Å². The van der Waals surface area contributed by atoms with E-state index in [-0.39, 0.29) is 13.2 Å². The summed E-state index contributed by atoms with van der Waals surface area (Å²) in [6.07, 6.45) is 1.47. The van der Waals surface area contributed by atoms with Gasteiger partial charge in [0, 0.05) is 18.2 Å². The number of benzene rings is 1. The van der Waals surface area contributed by atoms with Crippen LogP contribution in [-0.2, 0) is 14.3 Å². The molecule has 6 heteroatoms. The highest BCUT2D eigenvalue weighted by Crippen LogP contribution is 2.15. The summed E-state index contributed by atoms with van der Waals surface area (Å²) < 4.78 is 10.1. The van der Waals surface area contributed by atoms with Gasteiger partial charge in [0.2, 0.25) is 0 Å². The van der Waals surface area contributed by atoms with E-state index in [4.69, 9.17) is 9.47 Å². The SMILES string of the molecule is CCOC(=O)/C=C(/CNC(=O)OC(C)(C)C)c1ccc(C=O)cc1. The van der Waals surface area contributed by atoms with Crippen LogP contribution in [0.2, 0.25) is 0 Å². The maximum absolute atomic E-state index is 11.8. The van der Waals surface area contributed by atoms with E-state index in [0.29, 0.717) is 16.7 Å². The van der Waals surface area contributed by atoms with E-state index >= 15 is 0 Å². The lowest BCUT2D eigenvalue weighted by Crippen LogP contribution is -2.33. The number of carbonyl (C=O) groups is 3. The largest absolute Gasteiger partial charge is 0.463 e. The molecule has 0 radical (unpaired) electrons. The summed E-state index contributed by atoms with van der Waals surface area (Å²) in [6, 6.07) is 6.67. The highest BCUT2D eigenvalue weighted by Gasteiger charge is 2.16. The van der Waals surface area contributed by atoms with E-state index in [9.17, 15) is 14.4 Å². The predicted octanol–water partition coefficient (Wildman–Crippen LogP) is 2.97. The van der Waals surface area contributed by atoms with Crippen LogP contribution in [0.25, 0.3) is 5.57 Å². The van der Waals surface area contributed by atoms with Crippen LogP contribution < -0.4 is 5.32 Å². The summed E-state index contributed by atoms with van der Waals surface area (Å²) >= 11 is 0. The van der Waals surface area contributed by atoms with Crippen LogP contribution in [0.4, 0.5) is 4.79 Å². The Kier molecular flexibility index (Phi) is 7.17. The molecule has 0 aliphatic carbocycles. The first kappa shape index (κ1) is 19.4. The van der Waals surface area contributed by atoms with Gasteiger partial charge in [0.25, 0.3) is 0 Å². The number of rotatable bonds is 6. The van der Waals surface area contributed by atoms with Crippen molar-refractivity contribution in [2.45, 2.75) is 33.3 Å². The molecule has 0 aromatic heterocycles. The van der Waals surface area contributed by atoms with Crippen molar-refractivity contribution >= 4 is 23.9 Å². The fourth-order valence-electron chi connectivity index (χ4n) is 1.82. The molecule has 0 saturated heterocycles. The Morgan fingerprint density at radius 3 is 2.29 bits per heavy atom. The molecule has 0 fully saturated rings. The van der Waals surface area contributed by atoms with Gasteiger partial charge in [-0.05, 0) is 38.8 Å². The van der Waals surface area contributed by atoms with Crippen molar-refractivity contribution in [3.05, 3.63) is 41.5 Å². The van der Waals surface area contributed by atoms with Crippen LogP contribution in [0.3, 0.4) is 0 Å². The zero-order valence-electron chi connectivity index (χ0n) is 14.4. The van der Waals surface area contributed by atoms with E-state index in [2.05, 4.69) is 5.32 Å². The Labute approximate surface area is 141 Å². The number of aldehydes is 1. The Morgan fingerprint density at radius 2 is 1.79 bits per heavy atom. The van der Waals surface area contributed by atoms with Gasteiger partial charge in [-0.15, -0.1) is 0 Å². The highest BCUT2D eigenvalue weighted by molar-refractivity contribution is 5.92. The minimum absolute atomic E-state index is 0.0914. The third-order valence-corrected chi connectivity index (χ3v) is 2.82. The molecular formula is C18H23NO5. The maximum atomic E-state index is 11.8. The second kappa shape index (κ2) is 8.86. The number of hydrogen-bond donors (Lipinski definition) is 1. The number of hydrogen-bond acceptors (Lipinski definition) is 5. The van der Waals surface area contributed by atoms with Crippen molar-refractivity contribution in [2.75, 3.05) is 13.2 Å². The number of alkyl carbamates (subject to hydrolysis) is 1. The second-order valence-corrected chi connectivity index (χ2v) is 6.02. The first-order chi connectivity index (χ1) is 11.2. The molecule has 1 N–H and O–H groups in total. The molecular weight excluding hydrogens is 310 g/mol. The number of ether oxygens (including phenoxy) is 2. The maximum Gasteiger partial charge on any atom is 0.407 e. The van der Waals surface area contributed by atoms with Crippen molar-refractivity contribution in [1.82, 2.24) is 5.32 Å². The van der Waals surface area contributed by atoms with Crippen LogP contribution in [0.15, 0.2) is 30.3 Å². The summed E-state index contributed by atoms with van der Waals surface area (Å²) in [4.78, 5) is 34.2. The molecule has 24 heavy (non-hydrogen) atoms. The van der Waals surface area contributed by atoms with Crippen LogP contribution in [0.1, 0.15) is 43.6 Å². The summed E-state index contributed by atoms with van der Waals surface area (Å²) in [5.41, 5.74) is 1.16. The van der Waals surface area contributed by atoms with E-state index in [1.807, 2.05) is 0 Å². The monoisotopic (exact) mass is 333 g/mol. The van der Waals surface area contributed by atoms with Gasteiger partial charge in [-0.3, -0.25) is 4.79 Å². The molecule has 130 valence electrons. The lowest BCUT2D eigenvalue weighted by atomic mass is 10.0. The van der Waals surface area contributed by atoms with Crippen molar-refractivity contribution in [3.8, 4) is 0 Å². The number of carbonyl (C=O) groups excluding carboxylic acids is 3. The quantitative estimate of drug-likeness (QED) is 0.492. The zero-order valence-corrected chi connectivity index (χ0v) is 14.4. The van der Waals surface area contributed by atoms with E-state index in [1.54, 1.807) is 52.0 Å². The van der Waals surface area contributed by atoms with Crippen molar-refractivity contribution in [2.24, 2.45) is 0 Å². The molecule has 0 bridgehead atoms. The molecule has 6 nitrogen and oxygen atoms in total. The van der Waals surface area contributed by atoms with Gasteiger partial charge in [0.15, 0.2) is 0 Å². The Morgan fingerprint density at radius 1 is 1.17 bits per heavy atom. The van der Waals surface area contributed by atoms with Gasteiger partial charge < -0.3 is 14.8 Å². The van der Waals surface area contributed by atoms with Gasteiger partial charge in [0.05, 0.1) is 6.61 Å². The standard InChI is InChI=1S/C18H23NO5/c1-5-23-16(21)10-15(11-19-17(22)24-18(2,3)4)14-8-6-13(12-20)7-9-14/h6-10,12H,5,11H2,1-4H3,(H,19,22)/b15-10-. The summed E-state index contributed by atoms with van der Waals surface area (Å²) in [5.74, 6) is -0.502. The molecule has 1 aromatic carbocycles. The van der Waals surface area contributed by atoms with Gasteiger partial charge >= 0.3 is 12.1 Å². The molecule has 0 unspecified atom stereocenters. The lowest BCUT2D eigenvalue weighted by molar-refractivity contribution is -0.137. The van der Waals surface area contributed by atoms with E-state index in [1.165, 1.54) is 6.08 Å². The number of esters is 1. The fraction of sp³-hybridized carbons (Fsp3) is 0.389. The average molecular weight is 333 g/mol. The third-order valence-electron chi connectivity index (χ3n) is 2.82. The van der Waals surface area contributed by atoms with Gasteiger partial charge in [0.1, 0.15) is 11.9 Å². The third kappa shape index (κ3) is 7.09. The molecule has 1 amide bonds. The first-order valence-corrected chi connectivity index (χ1v) is 7.65. The molecule has 0 heterocycles. The normalized spacial score (nSPS) is 11.6. The summed E-state index contributed by atoms with van der Waals surface area (Å²) in [5, 5.41) is 2.61. The molecule has 0 spiro atoms. The van der Waals surface area contributed by atoms with Gasteiger partial charge in [-0.1, -0.05) is 24.3 Å². The topological polar surface area (TPSA) is 81.7 Å². The Bertz CT molecular complexity index is 611. The number of amides is 1. The highest BCUT2D eigenvalue weighted by atomic mass is 16.6. The van der Waals surface area contributed by atoms with E-state index in [0.717, 1.165) is 6.29 Å². The average Bonchev–Trinajstić information content (AvgIpc) is 2.50. The minimum atomic E-state index is -0.610. The molecule has 0 atom stereocenters. The van der Waals surface area contributed by atoms with Gasteiger partial charge in [-0.25, -0.2) is 9.59 Å². The van der Waals surface area contributed by atoms with Crippen LogP contribution in [-0.4, -0.2) is 37.1 Å². The first-order valence-electron chi connectivity index (χ1n) is 7.65.